The van der Waals surface area contributed by atoms with E-state index < -0.39 is 0 Å². The molecule has 112 valence electrons. The van der Waals surface area contributed by atoms with E-state index in [0.29, 0.717) is 23.5 Å². The summed E-state index contributed by atoms with van der Waals surface area (Å²) >= 11 is 3.64. The number of Topliss-reactive ketones (excluding diaryl/α,β-unsaturated/α-hetero) is 1. The van der Waals surface area contributed by atoms with Crippen LogP contribution in [0.4, 0.5) is 0 Å². The Hall–Kier alpha value is -0.630. The summed E-state index contributed by atoms with van der Waals surface area (Å²) in [6.07, 6.45) is 5.80. The van der Waals surface area contributed by atoms with Crippen molar-refractivity contribution >= 4 is 21.7 Å². The zero-order valence-corrected chi connectivity index (χ0v) is 14.4. The highest BCUT2D eigenvalue weighted by atomic mass is 79.9. The lowest BCUT2D eigenvalue weighted by Gasteiger charge is -2.48. The summed E-state index contributed by atoms with van der Waals surface area (Å²) in [5.41, 5.74) is 4.59. The van der Waals surface area contributed by atoms with Crippen LogP contribution in [0.2, 0.25) is 0 Å². The van der Waals surface area contributed by atoms with Gasteiger partial charge in [0.05, 0.1) is 4.83 Å². The molecule has 1 aromatic rings. The van der Waals surface area contributed by atoms with Crippen molar-refractivity contribution in [2.45, 2.75) is 56.7 Å². The van der Waals surface area contributed by atoms with E-state index >= 15 is 0 Å². The largest absolute Gasteiger partial charge is 0.298 e. The minimum Gasteiger partial charge on any atom is -0.298 e. The number of carbonyl (C=O) groups is 1. The summed E-state index contributed by atoms with van der Waals surface area (Å²) in [6, 6.07) is 6.82. The molecule has 1 nitrogen and oxygen atoms in total. The third-order valence-electron chi connectivity index (χ3n) is 6.71. The van der Waals surface area contributed by atoms with Crippen LogP contribution in [0.5, 0.6) is 0 Å². The van der Waals surface area contributed by atoms with Crippen LogP contribution in [0, 0.1) is 24.2 Å². The van der Waals surface area contributed by atoms with Gasteiger partial charge in [0.25, 0.3) is 0 Å². The van der Waals surface area contributed by atoms with Gasteiger partial charge in [-0.2, -0.15) is 0 Å². The van der Waals surface area contributed by atoms with E-state index in [0.717, 1.165) is 12.8 Å². The predicted octanol–water partition coefficient (Wildman–Crippen LogP) is 4.79. The predicted molar refractivity (Wildman–Crippen MR) is 88.9 cm³/mol. The van der Waals surface area contributed by atoms with Crippen molar-refractivity contribution in [3.8, 4) is 0 Å². The maximum absolute atomic E-state index is 12.6. The van der Waals surface area contributed by atoms with Crippen LogP contribution >= 0.6 is 15.9 Å². The van der Waals surface area contributed by atoms with E-state index in [-0.39, 0.29) is 10.2 Å². The van der Waals surface area contributed by atoms with Gasteiger partial charge < -0.3 is 0 Å². The van der Waals surface area contributed by atoms with E-state index in [4.69, 9.17) is 0 Å². The molecule has 2 fully saturated rings. The van der Waals surface area contributed by atoms with Crippen molar-refractivity contribution in [1.82, 2.24) is 0 Å². The number of carbonyl (C=O) groups excluding carboxylic acids is 1. The molecule has 0 N–H and O–H groups in total. The molecule has 0 spiro atoms. The second kappa shape index (κ2) is 4.68. The molecule has 1 aromatic carbocycles. The quantitative estimate of drug-likeness (QED) is 0.617. The van der Waals surface area contributed by atoms with Crippen molar-refractivity contribution < 1.29 is 4.79 Å². The zero-order valence-electron chi connectivity index (χ0n) is 12.9. The average molecular weight is 347 g/mol. The number of fused-ring (bicyclic) bond motifs is 5. The summed E-state index contributed by atoms with van der Waals surface area (Å²) in [4.78, 5) is 12.7. The molecule has 21 heavy (non-hydrogen) atoms. The van der Waals surface area contributed by atoms with Crippen molar-refractivity contribution in [3.05, 3.63) is 34.9 Å². The molecule has 0 bridgehead atoms. The number of halogens is 1. The highest BCUT2D eigenvalue weighted by molar-refractivity contribution is 9.10. The molecule has 0 amide bonds. The summed E-state index contributed by atoms with van der Waals surface area (Å²) in [7, 11) is 0. The fourth-order valence-corrected chi connectivity index (χ4v) is 6.48. The standard InChI is InChI=1S/C19H23BrO/c1-11-4-3-5-13-12(11)6-7-15-14(13)8-9-19(2)16(15)10-17(20)18(19)21/h3-5,14-17H,6-10H2,1-2H3/t14-,15-,16+,17-,19+/m1/s1. The minimum atomic E-state index is -0.0589. The molecule has 2 saturated carbocycles. The topological polar surface area (TPSA) is 17.1 Å². The summed E-state index contributed by atoms with van der Waals surface area (Å²) in [5, 5.41) is 0. The fourth-order valence-electron chi connectivity index (χ4n) is 5.55. The maximum atomic E-state index is 12.6. The number of ketones is 1. The van der Waals surface area contributed by atoms with Crippen LogP contribution in [0.15, 0.2) is 18.2 Å². The Morgan fingerprint density at radius 2 is 2.10 bits per heavy atom. The molecule has 0 radical (unpaired) electrons. The number of hydrogen-bond acceptors (Lipinski definition) is 1. The molecule has 0 heterocycles. The van der Waals surface area contributed by atoms with E-state index in [2.05, 4.69) is 48.0 Å². The Morgan fingerprint density at radius 1 is 1.29 bits per heavy atom. The van der Waals surface area contributed by atoms with Crippen LogP contribution in [0.3, 0.4) is 0 Å². The number of aryl methyl sites for hydroxylation is 1. The van der Waals surface area contributed by atoms with Gasteiger partial charge in [0.1, 0.15) is 0 Å². The Kier molecular flexibility index (Phi) is 3.12. The molecule has 0 aliphatic heterocycles. The Morgan fingerprint density at radius 3 is 2.90 bits per heavy atom. The van der Waals surface area contributed by atoms with E-state index in [1.165, 1.54) is 24.8 Å². The minimum absolute atomic E-state index is 0.0589. The zero-order chi connectivity index (χ0) is 14.8. The monoisotopic (exact) mass is 346 g/mol. The molecule has 5 atom stereocenters. The average Bonchev–Trinajstić information content (AvgIpc) is 2.71. The summed E-state index contributed by atoms with van der Waals surface area (Å²) < 4.78 is 0. The van der Waals surface area contributed by atoms with Crippen molar-refractivity contribution in [2.75, 3.05) is 0 Å². The molecule has 3 aliphatic rings. The number of benzene rings is 1. The molecule has 4 rings (SSSR count). The van der Waals surface area contributed by atoms with Gasteiger partial charge in [0, 0.05) is 5.41 Å². The third kappa shape index (κ3) is 1.84. The van der Waals surface area contributed by atoms with Crippen molar-refractivity contribution in [3.63, 3.8) is 0 Å². The molecule has 0 saturated heterocycles. The second-order valence-corrected chi connectivity index (χ2v) is 8.69. The lowest BCUT2D eigenvalue weighted by Crippen LogP contribution is -2.42. The molecule has 0 aromatic heterocycles. The second-order valence-electron chi connectivity index (χ2n) is 7.58. The first-order valence-electron chi connectivity index (χ1n) is 8.29. The van der Waals surface area contributed by atoms with Crippen LogP contribution in [0.1, 0.15) is 55.2 Å². The van der Waals surface area contributed by atoms with Crippen LogP contribution in [0.25, 0.3) is 0 Å². The van der Waals surface area contributed by atoms with Crippen molar-refractivity contribution in [2.24, 2.45) is 17.3 Å². The Labute approximate surface area is 135 Å². The maximum Gasteiger partial charge on any atom is 0.152 e. The Balaban J connectivity index is 1.75. The highest BCUT2D eigenvalue weighted by Gasteiger charge is 2.57. The molecular weight excluding hydrogens is 324 g/mol. The van der Waals surface area contributed by atoms with Gasteiger partial charge >= 0.3 is 0 Å². The first-order chi connectivity index (χ1) is 10.0. The van der Waals surface area contributed by atoms with Gasteiger partial charge in [0.15, 0.2) is 5.78 Å². The molecule has 3 aliphatic carbocycles. The van der Waals surface area contributed by atoms with Crippen molar-refractivity contribution in [1.29, 1.82) is 0 Å². The van der Waals surface area contributed by atoms with Crippen LogP contribution in [-0.2, 0) is 11.2 Å². The van der Waals surface area contributed by atoms with Gasteiger partial charge in [-0.25, -0.2) is 0 Å². The number of alkyl halides is 1. The molecule has 2 heteroatoms. The van der Waals surface area contributed by atoms with Gasteiger partial charge in [-0.3, -0.25) is 4.79 Å². The number of hydrogen-bond donors (Lipinski definition) is 0. The van der Waals surface area contributed by atoms with Crippen LogP contribution in [-0.4, -0.2) is 10.6 Å². The lowest BCUT2D eigenvalue weighted by molar-refractivity contribution is -0.128. The van der Waals surface area contributed by atoms with Gasteiger partial charge in [0.2, 0.25) is 0 Å². The first kappa shape index (κ1) is 14.0. The Bertz CT molecular complexity index is 608. The van der Waals surface area contributed by atoms with E-state index in [9.17, 15) is 4.79 Å². The summed E-state index contributed by atoms with van der Waals surface area (Å²) in [5.74, 6) is 2.46. The smallest absolute Gasteiger partial charge is 0.152 e. The highest BCUT2D eigenvalue weighted by Crippen LogP contribution is 2.60. The lowest BCUT2D eigenvalue weighted by atomic mass is 9.55. The van der Waals surface area contributed by atoms with Gasteiger partial charge in [-0.1, -0.05) is 41.1 Å². The number of rotatable bonds is 0. The summed E-state index contributed by atoms with van der Waals surface area (Å²) in [6.45, 7) is 4.49. The molecular formula is C19H23BrO. The molecule has 0 unspecified atom stereocenters. The van der Waals surface area contributed by atoms with E-state index in [1.807, 2.05) is 0 Å². The SMILES string of the molecule is Cc1cccc2c1CC[C@@H]1[C@@H]2CC[C@]2(C)C(=O)[C@H](Br)C[C@@H]12. The van der Waals surface area contributed by atoms with Gasteiger partial charge in [-0.05, 0) is 73.5 Å². The first-order valence-corrected chi connectivity index (χ1v) is 9.20. The van der Waals surface area contributed by atoms with Gasteiger partial charge in [-0.15, -0.1) is 0 Å². The van der Waals surface area contributed by atoms with Crippen LogP contribution < -0.4 is 0 Å². The van der Waals surface area contributed by atoms with E-state index in [1.54, 1.807) is 11.1 Å². The normalized spacial score (nSPS) is 41.4. The fraction of sp³-hybridized carbons (Fsp3) is 0.632. The third-order valence-corrected chi connectivity index (χ3v) is 7.50.